The van der Waals surface area contributed by atoms with Crippen LogP contribution in [0.5, 0.6) is 0 Å². The third-order valence-corrected chi connectivity index (χ3v) is 2.02. The molecule has 0 aromatic heterocycles. The van der Waals surface area contributed by atoms with Gasteiger partial charge in [0.2, 0.25) is 0 Å². The second kappa shape index (κ2) is 3.99. The minimum Gasteiger partial charge on any atom is -0.396 e. The summed E-state index contributed by atoms with van der Waals surface area (Å²) in [5.74, 6) is 0. The van der Waals surface area contributed by atoms with E-state index in [2.05, 4.69) is 25.3 Å². The highest BCUT2D eigenvalue weighted by atomic mass is 35.5. The average Bonchev–Trinajstić information content (AvgIpc) is 1.93. The molecular weight excluding hydrogens is 200 g/mol. The van der Waals surface area contributed by atoms with Gasteiger partial charge in [-0.05, 0) is 12.1 Å². The van der Waals surface area contributed by atoms with Gasteiger partial charge >= 0.3 is 0 Å². The minimum absolute atomic E-state index is 0. The third kappa shape index (κ3) is 2.12. The van der Waals surface area contributed by atoms with Gasteiger partial charge in [0.25, 0.3) is 0 Å². The number of nitrogens with two attached hydrogens (primary N) is 2. The molecule has 0 fully saturated rings. The molecule has 0 aliphatic heterocycles. The van der Waals surface area contributed by atoms with Crippen molar-refractivity contribution in [2.45, 2.75) is 9.79 Å². The molecule has 0 atom stereocenters. The molecule has 5 heteroatoms. The zero-order valence-electron chi connectivity index (χ0n) is 5.61. The Bertz CT molecular complexity index is 238. The molecule has 0 aliphatic rings. The van der Waals surface area contributed by atoms with E-state index in [1.807, 2.05) is 0 Å². The predicted octanol–water partition coefficient (Wildman–Crippen LogP) is 1.85. The van der Waals surface area contributed by atoms with Crippen molar-refractivity contribution in [1.29, 1.82) is 0 Å². The van der Waals surface area contributed by atoms with Gasteiger partial charge < -0.3 is 11.5 Å². The summed E-state index contributed by atoms with van der Waals surface area (Å²) >= 11 is 8.15. The second-order valence-corrected chi connectivity index (χ2v) is 2.89. The Balaban J connectivity index is 0.000001000. The smallest absolute Gasteiger partial charge is 0.0694 e. The maximum Gasteiger partial charge on any atom is 0.0694 e. The van der Waals surface area contributed by atoms with Crippen LogP contribution in [0.3, 0.4) is 0 Å². The molecule has 0 amide bonds. The molecule has 0 radical (unpaired) electrons. The number of hydrogen-bond donors (Lipinski definition) is 4. The van der Waals surface area contributed by atoms with Crippen molar-refractivity contribution in [3.8, 4) is 0 Å². The lowest BCUT2D eigenvalue weighted by atomic mass is 10.3. The number of rotatable bonds is 0. The highest BCUT2D eigenvalue weighted by Gasteiger charge is 2.00. The van der Waals surface area contributed by atoms with Gasteiger partial charge in [0.1, 0.15) is 0 Å². The molecule has 4 N–H and O–H groups in total. The molecule has 11 heavy (non-hydrogen) atoms. The van der Waals surface area contributed by atoms with Crippen molar-refractivity contribution in [3.05, 3.63) is 12.1 Å². The largest absolute Gasteiger partial charge is 0.396 e. The minimum atomic E-state index is 0. The maximum atomic E-state index is 5.53. The molecule has 0 spiro atoms. The number of benzene rings is 1. The Morgan fingerprint density at radius 3 is 1.45 bits per heavy atom. The molecule has 1 aromatic carbocycles. The third-order valence-electron chi connectivity index (χ3n) is 1.24. The van der Waals surface area contributed by atoms with Crippen LogP contribution in [0, 0.1) is 0 Å². The van der Waals surface area contributed by atoms with Crippen LogP contribution >= 0.6 is 37.7 Å². The van der Waals surface area contributed by atoms with Crippen molar-refractivity contribution in [2.75, 3.05) is 11.5 Å². The van der Waals surface area contributed by atoms with Gasteiger partial charge in [-0.25, -0.2) is 0 Å². The molecule has 1 aromatic rings. The van der Waals surface area contributed by atoms with Crippen LogP contribution in [0.2, 0.25) is 0 Å². The Kier molecular flexibility index (Phi) is 3.92. The first-order chi connectivity index (χ1) is 4.63. The van der Waals surface area contributed by atoms with Crippen molar-refractivity contribution in [2.24, 2.45) is 0 Å². The van der Waals surface area contributed by atoms with Crippen LogP contribution in [-0.4, -0.2) is 0 Å². The zero-order chi connectivity index (χ0) is 7.72. The lowest BCUT2D eigenvalue weighted by Crippen LogP contribution is -1.96. The summed E-state index contributed by atoms with van der Waals surface area (Å²) in [5, 5.41) is 0. The standard InChI is InChI=1S/C6H8N2S2.ClH/c7-5-3(9)1-2-4(10)6(5)8;/h1-2,9-10H,7-8H2;1H. The lowest BCUT2D eigenvalue weighted by molar-refractivity contribution is 1.38. The fraction of sp³-hybridized carbons (Fsp3) is 0. The molecule has 0 bridgehead atoms. The molecule has 2 nitrogen and oxygen atoms in total. The first-order valence-corrected chi connectivity index (χ1v) is 3.58. The summed E-state index contributed by atoms with van der Waals surface area (Å²) in [6.45, 7) is 0. The Labute approximate surface area is 82.6 Å². The topological polar surface area (TPSA) is 52.0 Å². The van der Waals surface area contributed by atoms with E-state index in [9.17, 15) is 0 Å². The second-order valence-electron chi connectivity index (χ2n) is 1.93. The summed E-state index contributed by atoms with van der Waals surface area (Å²) in [7, 11) is 0. The quantitative estimate of drug-likeness (QED) is 0.389. The van der Waals surface area contributed by atoms with E-state index in [0.29, 0.717) is 21.2 Å². The van der Waals surface area contributed by atoms with Crippen LogP contribution < -0.4 is 11.5 Å². The van der Waals surface area contributed by atoms with Crippen molar-refractivity contribution in [3.63, 3.8) is 0 Å². The van der Waals surface area contributed by atoms with Crippen LogP contribution in [0.4, 0.5) is 11.4 Å². The van der Waals surface area contributed by atoms with E-state index in [4.69, 9.17) is 11.5 Å². The van der Waals surface area contributed by atoms with Gasteiger partial charge in [0.15, 0.2) is 0 Å². The molecule has 0 saturated heterocycles. The number of halogens is 1. The summed E-state index contributed by atoms with van der Waals surface area (Å²) < 4.78 is 0. The first-order valence-electron chi connectivity index (χ1n) is 2.69. The molecule has 62 valence electrons. The molecule has 0 aliphatic carbocycles. The van der Waals surface area contributed by atoms with E-state index in [1.54, 1.807) is 12.1 Å². The molecule has 0 unspecified atom stereocenters. The molecule has 1 rings (SSSR count). The van der Waals surface area contributed by atoms with Crippen molar-refractivity contribution >= 4 is 49.0 Å². The highest BCUT2D eigenvalue weighted by Crippen LogP contribution is 2.28. The van der Waals surface area contributed by atoms with E-state index in [-0.39, 0.29) is 12.4 Å². The first kappa shape index (κ1) is 10.8. The molecular formula is C6H9ClN2S2. The van der Waals surface area contributed by atoms with Crippen molar-refractivity contribution in [1.82, 2.24) is 0 Å². The van der Waals surface area contributed by atoms with E-state index in [0.717, 1.165) is 0 Å². The fourth-order valence-corrected chi connectivity index (χ4v) is 1.00. The summed E-state index contributed by atoms with van der Waals surface area (Å²) in [6.07, 6.45) is 0. The highest BCUT2D eigenvalue weighted by molar-refractivity contribution is 7.81. The Morgan fingerprint density at radius 1 is 0.909 bits per heavy atom. The van der Waals surface area contributed by atoms with Gasteiger partial charge in [0.05, 0.1) is 11.4 Å². The number of anilines is 2. The van der Waals surface area contributed by atoms with Crippen LogP contribution in [0.25, 0.3) is 0 Å². The van der Waals surface area contributed by atoms with Crippen LogP contribution in [-0.2, 0) is 0 Å². The summed E-state index contributed by atoms with van der Waals surface area (Å²) in [4.78, 5) is 1.38. The number of thiol groups is 2. The number of nitrogen functional groups attached to an aromatic ring is 2. The van der Waals surface area contributed by atoms with Gasteiger partial charge in [0, 0.05) is 9.79 Å². The molecule has 0 heterocycles. The summed E-state index contributed by atoms with van der Waals surface area (Å²) in [6, 6.07) is 3.52. The van der Waals surface area contributed by atoms with Crippen molar-refractivity contribution < 1.29 is 0 Å². The van der Waals surface area contributed by atoms with E-state index in [1.165, 1.54) is 0 Å². The van der Waals surface area contributed by atoms with Gasteiger partial charge in [-0.1, -0.05) is 0 Å². The lowest BCUT2D eigenvalue weighted by Gasteiger charge is -2.04. The van der Waals surface area contributed by atoms with Gasteiger partial charge in [-0.3, -0.25) is 0 Å². The van der Waals surface area contributed by atoms with Crippen LogP contribution in [0.1, 0.15) is 0 Å². The summed E-state index contributed by atoms with van der Waals surface area (Å²) in [5.41, 5.74) is 12.1. The Hall–Kier alpha value is -0.190. The van der Waals surface area contributed by atoms with Gasteiger partial charge in [-0.15, -0.1) is 37.7 Å². The van der Waals surface area contributed by atoms with Gasteiger partial charge in [-0.2, -0.15) is 0 Å². The SMILES string of the molecule is Cl.Nc1c(S)ccc(S)c1N. The monoisotopic (exact) mass is 208 g/mol. The van der Waals surface area contributed by atoms with E-state index < -0.39 is 0 Å². The Morgan fingerprint density at radius 2 is 1.18 bits per heavy atom. The fourth-order valence-electron chi connectivity index (χ4n) is 0.613. The average molecular weight is 209 g/mol. The molecule has 0 saturated carbocycles. The normalized spacial score (nSPS) is 8.91. The van der Waals surface area contributed by atoms with Crippen LogP contribution in [0.15, 0.2) is 21.9 Å². The van der Waals surface area contributed by atoms with E-state index >= 15 is 0 Å². The number of hydrogen-bond acceptors (Lipinski definition) is 4. The predicted molar refractivity (Wildman–Crippen MR) is 57.0 cm³/mol. The maximum absolute atomic E-state index is 5.53. The zero-order valence-corrected chi connectivity index (χ0v) is 8.22.